The average molecular weight is 725 g/mol. The Bertz CT molecular complexity index is 2950. The highest BCUT2D eigenvalue weighted by atomic mass is 32.1. The van der Waals surface area contributed by atoms with Crippen LogP contribution in [0.3, 0.4) is 0 Å². The molecule has 4 saturated carbocycles. The normalized spacial score (nSPS) is 24.7. The molecule has 4 fully saturated rings. The van der Waals surface area contributed by atoms with Crippen molar-refractivity contribution in [3.8, 4) is 16.8 Å². The molecule has 0 radical (unpaired) electrons. The number of nitrogens with zero attached hydrogens (tertiary/aromatic N) is 2. The number of para-hydroxylation sites is 4. The molecule has 0 amide bonds. The van der Waals surface area contributed by atoms with Crippen molar-refractivity contribution in [2.24, 2.45) is 29.6 Å². The zero-order valence-corrected chi connectivity index (χ0v) is 31.4. The highest BCUT2D eigenvalue weighted by molar-refractivity contribution is 7.26. The zero-order chi connectivity index (χ0) is 35.8. The van der Waals surface area contributed by atoms with Gasteiger partial charge in [-0.2, -0.15) is 0 Å². The van der Waals surface area contributed by atoms with E-state index in [9.17, 15) is 0 Å². The van der Waals surface area contributed by atoms with Crippen LogP contribution in [0.5, 0.6) is 0 Å². The van der Waals surface area contributed by atoms with Crippen molar-refractivity contribution in [2.45, 2.75) is 31.1 Å². The molecule has 6 atom stereocenters. The molecule has 0 N–H and O–H groups in total. The molecule has 2 nitrogen and oxygen atoms in total. The standard InChI is InChI=1S/C52H40N2S/c1-6-18-43(54-44-19-7-2-13-38(44)39-14-3-8-20-45(39)54)37(12-1)32-24-26-36(27-25-32)53(47-22-11-16-41-40-15-4-10-23-48(40)55-51(41)47)46-21-9-5-17-42(46)52-30-34-28-33-29-35(31-52)50(52)49(33)34/h1-27,33-35,49-50H,28-31H2/t33-,34?,35?,49+,50?,52-/m1/s1. The summed E-state index contributed by atoms with van der Waals surface area (Å²) in [4.78, 5) is 2.63. The Morgan fingerprint density at radius 1 is 0.527 bits per heavy atom. The molecule has 2 heterocycles. The van der Waals surface area contributed by atoms with Crippen LogP contribution in [0.2, 0.25) is 0 Å². The van der Waals surface area contributed by atoms with Gasteiger partial charge in [0.25, 0.3) is 0 Å². The summed E-state index contributed by atoms with van der Waals surface area (Å²) in [6.45, 7) is 0. The molecule has 7 aromatic carbocycles. The fourth-order valence-corrected chi connectivity index (χ4v) is 13.9. The monoisotopic (exact) mass is 724 g/mol. The Balaban J connectivity index is 0.993. The lowest BCUT2D eigenvalue weighted by molar-refractivity contribution is 0.0688. The lowest BCUT2D eigenvalue weighted by Crippen LogP contribution is -2.47. The van der Waals surface area contributed by atoms with Gasteiger partial charge in [0.05, 0.1) is 27.1 Å². The highest BCUT2D eigenvalue weighted by Gasteiger charge is 2.73. The molecule has 0 aliphatic heterocycles. The minimum atomic E-state index is 0.315. The quantitative estimate of drug-likeness (QED) is 0.166. The van der Waals surface area contributed by atoms with Crippen molar-refractivity contribution in [2.75, 3.05) is 4.90 Å². The maximum absolute atomic E-state index is 2.63. The van der Waals surface area contributed by atoms with Crippen LogP contribution in [-0.2, 0) is 5.41 Å². The first-order valence-electron chi connectivity index (χ1n) is 20.2. The molecule has 0 saturated heterocycles. The van der Waals surface area contributed by atoms with Gasteiger partial charge in [-0.25, -0.2) is 0 Å². The van der Waals surface area contributed by atoms with Gasteiger partial charge >= 0.3 is 0 Å². The number of thiophene rings is 1. The van der Waals surface area contributed by atoms with Gasteiger partial charge in [0.2, 0.25) is 0 Å². The summed E-state index contributed by atoms with van der Waals surface area (Å²) in [5.41, 5.74) is 11.9. The molecule has 0 spiro atoms. The highest BCUT2D eigenvalue weighted by Crippen LogP contribution is 2.79. The topological polar surface area (TPSA) is 8.17 Å². The van der Waals surface area contributed by atoms with Crippen LogP contribution in [0.15, 0.2) is 164 Å². The van der Waals surface area contributed by atoms with Crippen LogP contribution >= 0.6 is 11.3 Å². The fourth-order valence-electron chi connectivity index (χ4n) is 12.7. The Labute approximate surface area is 325 Å². The number of hydrogen-bond donors (Lipinski definition) is 0. The molecule has 264 valence electrons. The van der Waals surface area contributed by atoms with E-state index in [0.717, 1.165) is 29.6 Å². The Morgan fingerprint density at radius 3 is 2.00 bits per heavy atom. The molecule has 9 aromatic rings. The summed E-state index contributed by atoms with van der Waals surface area (Å²) in [5, 5.41) is 5.26. The van der Waals surface area contributed by atoms with Gasteiger partial charge < -0.3 is 9.47 Å². The van der Waals surface area contributed by atoms with Gasteiger partial charge in [-0.1, -0.05) is 115 Å². The van der Waals surface area contributed by atoms with Crippen molar-refractivity contribution in [1.29, 1.82) is 0 Å². The minimum Gasteiger partial charge on any atom is -0.309 e. The zero-order valence-electron chi connectivity index (χ0n) is 30.6. The number of hydrogen-bond acceptors (Lipinski definition) is 2. The molecule has 13 rings (SSSR count). The van der Waals surface area contributed by atoms with E-state index in [4.69, 9.17) is 0 Å². The van der Waals surface area contributed by atoms with Crippen LogP contribution in [0, 0.1) is 29.6 Å². The van der Waals surface area contributed by atoms with Crippen LogP contribution < -0.4 is 4.90 Å². The first-order chi connectivity index (χ1) is 27.2. The first-order valence-corrected chi connectivity index (χ1v) is 21.0. The number of rotatable bonds is 6. The van der Waals surface area contributed by atoms with Crippen LogP contribution in [0.1, 0.15) is 31.2 Å². The van der Waals surface area contributed by atoms with Crippen molar-refractivity contribution in [1.82, 2.24) is 4.57 Å². The predicted molar refractivity (Wildman–Crippen MR) is 231 cm³/mol. The summed E-state index contributed by atoms with van der Waals surface area (Å²) in [7, 11) is 0. The predicted octanol–water partition coefficient (Wildman–Crippen LogP) is 14.2. The summed E-state index contributed by atoms with van der Waals surface area (Å²) in [5.74, 6) is 4.71. The molecule has 3 unspecified atom stereocenters. The molecule has 4 aliphatic carbocycles. The van der Waals surface area contributed by atoms with Gasteiger partial charge in [-0.3, -0.25) is 0 Å². The number of benzene rings is 7. The van der Waals surface area contributed by atoms with Gasteiger partial charge in [0.15, 0.2) is 0 Å². The van der Waals surface area contributed by atoms with Crippen molar-refractivity contribution >= 4 is 70.4 Å². The van der Waals surface area contributed by atoms with E-state index in [-0.39, 0.29) is 0 Å². The van der Waals surface area contributed by atoms with Crippen LogP contribution in [-0.4, -0.2) is 4.57 Å². The molecule has 55 heavy (non-hydrogen) atoms. The van der Waals surface area contributed by atoms with Gasteiger partial charge in [0, 0.05) is 48.6 Å². The number of fused-ring (bicyclic) bond motifs is 6. The lowest BCUT2D eigenvalue weighted by atomic mass is 9.53. The van der Waals surface area contributed by atoms with E-state index in [2.05, 4.69) is 173 Å². The van der Waals surface area contributed by atoms with Crippen LogP contribution in [0.4, 0.5) is 17.1 Å². The second-order valence-electron chi connectivity index (χ2n) is 17.0. The lowest BCUT2D eigenvalue weighted by Gasteiger charge is -2.52. The van der Waals surface area contributed by atoms with Gasteiger partial charge in [0.1, 0.15) is 0 Å². The SMILES string of the molecule is c1ccc(-n2c3ccccc3c3ccccc32)c(-c2ccc(N(c3ccccc3[C@]34CC5C[C@H]6CC(C3)[C@H]6C54)c3cccc4c3sc3ccccc34)cc2)c1. The Kier molecular flexibility index (Phi) is 6.25. The van der Waals surface area contributed by atoms with Gasteiger partial charge in [-0.15, -0.1) is 11.3 Å². The number of anilines is 3. The maximum atomic E-state index is 2.63. The number of aromatic nitrogens is 1. The summed E-state index contributed by atoms with van der Waals surface area (Å²) in [6.07, 6.45) is 5.71. The second-order valence-corrected chi connectivity index (χ2v) is 18.0. The smallest absolute Gasteiger partial charge is 0.0640 e. The van der Waals surface area contributed by atoms with E-state index < -0.39 is 0 Å². The third-order valence-electron chi connectivity index (χ3n) is 14.6. The fraction of sp³-hybridized carbons (Fsp3) is 0.192. The van der Waals surface area contributed by atoms with Crippen molar-refractivity contribution < 1.29 is 0 Å². The average Bonchev–Trinajstić information content (AvgIpc) is 3.89. The Hall–Kier alpha value is -5.64. The molecule has 3 heteroatoms. The molecule has 0 bridgehead atoms. The third-order valence-corrected chi connectivity index (χ3v) is 15.8. The van der Waals surface area contributed by atoms with E-state index in [1.165, 1.54) is 102 Å². The van der Waals surface area contributed by atoms with E-state index in [1.807, 2.05) is 11.3 Å². The molecule has 2 aromatic heterocycles. The van der Waals surface area contributed by atoms with E-state index in [1.54, 1.807) is 5.56 Å². The molecular weight excluding hydrogens is 685 g/mol. The van der Waals surface area contributed by atoms with Crippen molar-refractivity contribution in [3.05, 3.63) is 169 Å². The minimum absolute atomic E-state index is 0.315. The van der Waals surface area contributed by atoms with Crippen molar-refractivity contribution in [3.63, 3.8) is 0 Å². The second kappa shape index (κ2) is 11.2. The summed E-state index contributed by atoms with van der Waals surface area (Å²) >= 11 is 1.93. The van der Waals surface area contributed by atoms with Gasteiger partial charge in [-0.05, 0) is 115 Å². The third kappa shape index (κ3) is 4.09. The van der Waals surface area contributed by atoms with E-state index in [0.29, 0.717) is 5.41 Å². The van der Waals surface area contributed by atoms with E-state index >= 15 is 0 Å². The summed E-state index contributed by atoms with van der Waals surface area (Å²) in [6, 6.07) is 61.4. The Morgan fingerprint density at radius 2 is 1.16 bits per heavy atom. The van der Waals surface area contributed by atoms with Crippen LogP contribution in [0.25, 0.3) is 58.8 Å². The largest absolute Gasteiger partial charge is 0.309 e. The molecule has 4 aliphatic rings. The molecular formula is C52H40N2S. The summed E-state index contributed by atoms with van der Waals surface area (Å²) < 4.78 is 5.15. The maximum Gasteiger partial charge on any atom is 0.0640 e. The first kappa shape index (κ1) is 30.7.